The Kier molecular flexibility index (Phi) is 6.95. The fraction of sp³-hybridized carbons (Fsp3) is 0.118. The first-order valence-electron chi connectivity index (χ1n) is 8.53. The minimum Gasteiger partial charge on any atom is -0.296 e. The lowest BCUT2D eigenvalue weighted by Crippen LogP contribution is -2.24. The van der Waals surface area contributed by atoms with Gasteiger partial charge in [0.2, 0.25) is 15.2 Å². The average molecular weight is 536 g/mol. The quantitative estimate of drug-likeness (QED) is 0.442. The summed E-state index contributed by atoms with van der Waals surface area (Å²) in [6.07, 6.45) is 1.03. The lowest BCUT2D eigenvalue weighted by atomic mass is 10.2. The molecule has 0 unspecified atom stereocenters. The fourth-order valence-electron chi connectivity index (χ4n) is 2.36. The normalized spacial score (nSPS) is 11.8. The molecular weight excluding hydrogens is 521 g/mol. The van der Waals surface area contributed by atoms with E-state index in [2.05, 4.69) is 20.2 Å². The number of anilines is 3. The summed E-state index contributed by atoms with van der Waals surface area (Å²) in [5, 5.41) is 10.1. The molecule has 0 radical (unpaired) electrons. The van der Waals surface area contributed by atoms with E-state index >= 15 is 0 Å². The van der Waals surface area contributed by atoms with Gasteiger partial charge in [0.15, 0.2) is 0 Å². The van der Waals surface area contributed by atoms with Crippen LogP contribution in [0.5, 0.6) is 0 Å². The molecule has 0 bridgehead atoms. The monoisotopic (exact) mass is 535 g/mol. The van der Waals surface area contributed by atoms with Crippen LogP contribution in [0.25, 0.3) is 0 Å². The molecule has 2 N–H and O–H groups in total. The molecule has 32 heavy (non-hydrogen) atoms. The maximum absolute atomic E-state index is 12.7. The van der Waals surface area contributed by atoms with Gasteiger partial charge in [0, 0.05) is 12.1 Å². The summed E-state index contributed by atoms with van der Waals surface area (Å²) in [5.41, 5.74) is 0.505. The summed E-state index contributed by atoms with van der Waals surface area (Å²) in [6, 6.07) is 10.1. The van der Waals surface area contributed by atoms with Gasteiger partial charge in [0.05, 0.1) is 28.2 Å². The lowest BCUT2D eigenvalue weighted by Gasteiger charge is -2.17. The fourth-order valence-corrected chi connectivity index (χ4v) is 5.30. The first-order valence-corrected chi connectivity index (χ1v) is 13.4. The van der Waals surface area contributed by atoms with Crippen LogP contribution in [0.2, 0.25) is 10.0 Å². The van der Waals surface area contributed by atoms with Crippen molar-refractivity contribution >= 4 is 77.0 Å². The van der Waals surface area contributed by atoms with Gasteiger partial charge in [-0.2, -0.15) is 8.42 Å². The van der Waals surface area contributed by atoms with Crippen LogP contribution in [-0.2, 0) is 20.0 Å². The number of benzene rings is 2. The first-order chi connectivity index (χ1) is 14.9. The molecule has 0 aliphatic carbocycles. The molecule has 2 aromatic carbocycles. The second kappa shape index (κ2) is 9.19. The van der Waals surface area contributed by atoms with E-state index in [9.17, 15) is 21.6 Å². The maximum atomic E-state index is 12.7. The summed E-state index contributed by atoms with van der Waals surface area (Å²) >= 11 is 12.4. The summed E-state index contributed by atoms with van der Waals surface area (Å²) in [6.45, 7) is 0. The molecular formula is C17H15Cl2N5O5S3. The number of amides is 1. The van der Waals surface area contributed by atoms with Crippen molar-refractivity contribution in [3.8, 4) is 0 Å². The van der Waals surface area contributed by atoms with Crippen LogP contribution in [0.4, 0.5) is 16.5 Å². The van der Waals surface area contributed by atoms with Gasteiger partial charge in [-0.15, -0.1) is 10.2 Å². The highest BCUT2D eigenvalue weighted by Gasteiger charge is 2.22. The van der Waals surface area contributed by atoms with E-state index in [0.29, 0.717) is 16.4 Å². The summed E-state index contributed by atoms with van der Waals surface area (Å²) in [5.74, 6) is -0.615. The third kappa shape index (κ3) is 5.66. The summed E-state index contributed by atoms with van der Waals surface area (Å²) in [7, 11) is -6.34. The Bertz CT molecular complexity index is 1390. The Morgan fingerprint density at radius 3 is 2.44 bits per heavy atom. The number of sulfonamides is 2. The molecule has 0 saturated carbocycles. The van der Waals surface area contributed by atoms with Crippen molar-refractivity contribution in [3.05, 3.63) is 58.1 Å². The zero-order valence-electron chi connectivity index (χ0n) is 16.4. The van der Waals surface area contributed by atoms with E-state index in [1.165, 1.54) is 49.5 Å². The van der Waals surface area contributed by atoms with E-state index in [1.807, 2.05) is 0 Å². The van der Waals surface area contributed by atoms with Gasteiger partial charge >= 0.3 is 0 Å². The maximum Gasteiger partial charge on any atom is 0.291 e. The number of carbonyl (C=O) groups is 1. The average Bonchev–Trinajstić information content (AvgIpc) is 3.16. The largest absolute Gasteiger partial charge is 0.296 e. The molecule has 15 heteroatoms. The van der Waals surface area contributed by atoms with Gasteiger partial charge in [-0.25, -0.2) is 8.42 Å². The van der Waals surface area contributed by atoms with Crippen molar-refractivity contribution < 1.29 is 21.6 Å². The minimum absolute atomic E-state index is 0.0630. The van der Waals surface area contributed by atoms with Gasteiger partial charge in [-0.3, -0.25) is 19.1 Å². The van der Waals surface area contributed by atoms with Crippen LogP contribution in [-0.4, -0.2) is 46.2 Å². The van der Waals surface area contributed by atoms with Crippen molar-refractivity contribution in [3.63, 3.8) is 0 Å². The Balaban J connectivity index is 1.77. The molecule has 10 nitrogen and oxygen atoms in total. The summed E-state index contributed by atoms with van der Waals surface area (Å²) < 4.78 is 51.6. The van der Waals surface area contributed by atoms with Crippen molar-refractivity contribution in [2.45, 2.75) is 4.34 Å². The van der Waals surface area contributed by atoms with E-state index in [1.54, 1.807) is 0 Å². The molecule has 1 amide bonds. The third-order valence-electron chi connectivity index (χ3n) is 3.99. The SMILES string of the molecule is CN(c1cccc(NS(=O)(=O)c2nnc(NC(=O)c3ccc(Cl)cc3Cl)s2)c1)S(C)(=O)=O. The van der Waals surface area contributed by atoms with Gasteiger partial charge < -0.3 is 0 Å². The van der Waals surface area contributed by atoms with Crippen molar-refractivity contribution in [2.75, 3.05) is 27.6 Å². The molecule has 3 aromatic rings. The molecule has 1 aromatic heterocycles. The van der Waals surface area contributed by atoms with Gasteiger partial charge in [0.25, 0.3) is 20.3 Å². The van der Waals surface area contributed by atoms with Gasteiger partial charge in [0.1, 0.15) is 0 Å². The molecule has 170 valence electrons. The highest BCUT2D eigenvalue weighted by molar-refractivity contribution is 7.94. The number of hydrogen-bond acceptors (Lipinski definition) is 8. The number of hydrogen-bond donors (Lipinski definition) is 2. The van der Waals surface area contributed by atoms with Crippen LogP contribution in [0.3, 0.4) is 0 Å². The van der Waals surface area contributed by atoms with Crippen LogP contribution in [0.15, 0.2) is 46.8 Å². The second-order valence-corrected chi connectivity index (χ2v) is 12.0. The molecule has 0 fully saturated rings. The smallest absolute Gasteiger partial charge is 0.291 e. The second-order valence-electron chi connectivity index (χ2n) is 6.34. The first kappa shape index (κ1) is 24.2. The van der Waals surface area contributed by atoms with Crippen LogP contribution in [0.1, 0.15) is 10.4 Å². The van der Waals surface area contributed by atoms with Crippen LogP contribution < -0.4 is 14.3 Å². The minimum atomic E-state index is -4.15. The summed E-state index contributed by atoms with van der Waals surface area (Å²) in [4.78, 5) is 12.4. The van der Waals surface area contributed by atoms with Gasteiger partial charge in [-0.05, 0) is 36.4 Å². The van der Waals surface area contributed by atoms with E-state index in [0.717, 1.165) is 10.6 Å². The Morgan fingerprint density at radius 2 is 1.78 bits per heavy atom. The predicted octanol–water partition coefficient (Wildman–Crippen LogP) is 3.29. The predicted molar refractivity (Wildman–Crippen MR) is 125 cm³/mol. The third-order valence-corrected chi connectivity index (χ3v) is 8.33. The molecule has 3 rings (SSSR count). The molecule has 0 atom stereocenters. The molecule has 0 aliphatic heterocycles. The standard InChI is InChI=1S/C17H15Cl2N5O5S3/c1-24(31(2,26)27)12-5-3-4-11(9-12)23-32(28,29)17-22-21-16(30-17)20-15(25)13-7-6-10(18)8-14(13)19/h3-9,23H,1-2H3,(H,20,21,25). The van der Waals surface area contributed by atoms with Crippen molar-refractivity contribution in [1.82, 2.24) is 10.2 Å². The molecule has 0 saturated heterocycles. The number of aromatic nitrogens is 2. The number of carbonyl (C=O) groups excluding carboxylic acids is 1. The van der Waals surface area contributed by atoms with Crippen LogP contribution in [0, 0.1) is 0 Å². The van der Waals surface area contributed by atoms with E-state index < -0.39 is 30.3 Å². The highest BCUT2D eigenvalue weighted by Crippen LogP contribution is 2.27. The molecule has 0 spiro atoms. The topological polar surface area (TPSA) is 138 Å². The number of halogens is 2. The van der Waals surface area contributed by atoms with Crippen molar-refractivity contribution in [2.24, 2.45) is 0 Å². The Hall–Kier alpha value is -2.45. The zero-order chi connectivity index (χ0) is 23.7. The van der Waals surface area contributed by atoms with Crippen molar-refractivity contribution in [1.29, 1.82) is 0 Å². The Labute approximate surface area is 198 Å². The molecule has 1 heterocycles. The number of nitrogens with zero attached hydrogens (tertiary/aromatic N) is 3. The Morgan fingerprint density at radius 1 is 1.06 bits per heavy atom. The number of rotatable bonds is 7. The zero-order valence-corrected chi connectivity index (χ0v) is 20.4. The van der Waals surface area contributed by atoms with E-state index in [-0.39, 0.29) is 27.1 Å². The van der Waals surface area contributed by atoms with Gasteiger partial charge in [-0.1, -0.05) is 40.6 Å². The highest BCUT2D eigenvalue weighted by atomic mass is 35.5. The van der Waals surface area contributed by atoms with E-state index in [4.69, 9.17) is 23.2 Å². The lowest BCUT2D eigenvalue weighted by molar-refractivity contribution is 0.102. The number of nitrogens with one attached hydrogen (secondary N) is 2. The van der Waals surface area contributed by atoms with Crippen LogP contribution >= 0.6 is 34.5 Å². The molecule has 0 aliphatic rings.